The van der Waals surface area contributed by atoms with Crippen LogP contribution in [0.4, 0.5) is 5.69 Å². The number of hydrogen-bond acceptors (Lipinski definition) is 3. The maximum atomic E-state index is 13.0. The van der Waals surface area contributed by atoms with Crippen LogP contribution in [0, 0.1) is 0 Å². The second kappa shape index (κ2) is 7.77. The van der Waals surface area contributed by atoms with Crippen molar-refractivity contribution in [3.63, 3.8) is 0 Å². The Morgan fingerprint density at radius 3 is 2.92 bits per heavy atom. The van der Waals surface area contributed by atoms with Crippen molar-refractivity contribution in [1.29, 1.82) is 0 Å². The molecule has 4 nitrogen and oxygen atoms in total. The first-order chi connectivity index (χ1) is 12.0. The summed E-state index contributed by atoms with van der Waals surface area (Å²) in [6.45, 7) is 0.646. The van der Waals surface area contributed by atoms with Crippen LogP contribution < -0.4 is 15.4 Å². The van der Waals surface area contributed by atoms with E-state index in [1.165, 1.54) is 0 Å². The summed E-state index contributed by atoms with van der Waals surface area (Å²) >= 11 is 9.87. The Balaban J connectivity index is 1.80. The Morgan fingerprint density at radius 2 is 2.20 bits per heavy atom. The second-order valence-electron chi connectivity index (χ2n) is 6.11. The average molecular weight is 424 g/mol. The summed E-state index contributed by atoms with van der Waals surface area (Å²) in [5.74, 6) is 0.657. The number of nitrogens with zero attached hydrogens (tertiary/aromatic N) is 1. The van der Waals surface area contributed by atoms with Crippen molar-refractivity contribution in [3.05, 3.63) is 57.0 Å². The largest absolute Gasteiger partial charge is 0.497 e. The first-order valence-corrected chi connectivity index (χ1v) is 9.35. The van der Waals surface area contributed by atoms with Crippen LogP contribution in [0.3, 0.4) is 0 Å². The lowest BCUT2D eigenvalue weighted by atomic mass is 9.99. The van der Waals surface area contributed by atoms with E-state index in [1.807, 2.05) is 36.4 Å². The Labute approximate surface area is 161 Å². The molecular formula is C19H20BrClN2O2. The predicted molar refractivity (Wildman–Crippen MR) is 104 cm³/mol. The molecular weight excluding hydrogens is 404 g/mol. The number of carbonyl (C=O) groups excluding carboxylic acids is 1. The molecule has 1 aliphatic rings. The Bertz CT molecular complexity index is 797. The summed E-state index contributed by atoms with van der Waals surface area (Å²) in [5, 5.41) is 0.600. The van der Waals surface area contributed by atoms with Gasteiger partial charge in [0.1, 0.15) is 5.75 Å². The van der Waals surface area contributed by atoms with Gasteiger partial charge in [0, 0.05) is 11.0 Å². The maximum Gasteiger partial charge on any atom is 0.244 e. The number of nitrogens with two attached hydrogens (primary N) is 1. The molecule has 0 fully saturated rings. The van der Waals surface area contributed by atoms with Crippen molar-refractivity contribution < 1.29 is 9.53 Å². The van der Waals surface area contributed by atoms with Gasteiger partial charge >= 0.3 is 0 Å². The lowest BCUT2D eigenvalue weighted by Gasteiger charge is -2.32. The Kier molecular flexibility index (Phi) is 5.67. The number of rotatable bonds is 4. The summed E-state index contributed by atoms with van der Waals surface area (Å²) in [6.07, 6.45) is 2.29. The van der Waals surface area contributed by atoms with Gasteiger partial charge < -0.3 is 15.4 Å². The number of para-hydroxylation sites is 1. The molecule has 0 aliphatic carbocycles. The minimum absolute atomic E-state index is 0.100. The molecule has 3 rings (SSSR count). The Morgan fingerprint density at radius 1 is 1.40 bits per heavy atom. The molecule has 25 heavy (non-hydrogen) atoms. The number of benzene rings is 2. The highest BCUT2D eigenvalue weighted by Gasteiger charge is 2.28. The number of fused-ring (bicyclic) bond motifs is 1. The summed E-state index contributed by atoms with van der Waals surface area (Å²) in [5.41, 5.74) is 9.12. The van der Waals surface area contributed by atoms with Gasteiger partial charge in [-0.05, 0) is 48.6 Å². The minimum atomic E-state index is -0.632. The third kappa shape index (κ3) is 3.84. The molecule has 2 N–H and O–H groups in total. The molecule has 1 heterocycles. The molecule has 0 spiro atoms. The van der Waals surface area contributed by atoms with Crippen molar-refractivity contribution in [2.45, 2.75) is 25.3 Å². The van der Waals surface area contributed by atoms with Crippen LogP contribution in [0.15, 0.2) is 40.9 Å². The molecule has 2 aromatic rings. The van der Waals surface area contributed by atoms with E-state index in [2.05, 4.69) is 15.9 Å². The third-order valence-electron chi connectivity index (χ3n) is 4.45. The molecule has 132 valence electrons. The molecule has 0 unspecified atom stereocenters. The molecule has 6 heteroatoms. The van der Waals surface area contributed by atoms with Crippen LogP contribution in [0.2, 0.25) is 5.02 Å². The number of methoxy groups -OCH3 is 1. The van der Waals surface area contributed by atoms with Crippen LogP contribution in [0.1, 0.15) is 17.5 Å². The van der Waals surface area contributed by atoms with Gasteiger partial charge in [0.05, 0.1) is 23.9 Å². The SMILES string of the molecule is COc1ccc(C[C@@H](N)C(=O)N2CCCc3cccc(Cl)c32)c(Br)c1. The summed E-state index contributed by atoms with van der Waals surface area (Å²) in [4.78, 5) is 14.7. The van der Waals surface area contributed by atoms with Crippen molar-refractivity contribution in [1.82, 2.24) is 0 Å². The normalized spacial score (nSPS) is 14.8. The number of carbonyl (C=O) groups is 1. The van der Waals surface area contributed by atoms with Gasteiger partial charge in [0.15, 0.2) is 0 Å². The lowest BCUT2D eigenvalue weighted by molar-refractivity contribution is -0.119. The molecule has 0 bridgehead atoms. The zero-order valence-corrected chi connectivity index (χ0v) is 16.3. The zero-order chi connectivity index (χ0) is 18.0. The number of amides is 1. The Hall–Kier alpha value is -1.56. The topological polar surface area (TPSA) is 55.6 Å². The number of halogens is 2. The van der Waals surface area contributed by atoms with E-state index in [4.69, 9.17) is 22.1 Å². The van der Waals surface area contributed by atoms with E-state index in [-0.39, 0.29) is 5.91 Å². The fourth-order valence-electron chi connectivity index (χ4n) is 3.17. The van der Waals surface area contributed by atoms with Gasteiger partial charge in [0.2, 0.25) is 5.91 Å². The quantitative estimate of drug-likeness (QED) is 0.810. The fraction of sp³-hybridized carbons (Fsp3) is 0.316. The highest BCUT2D eigenvalue weighted by Crippen LogP contribution is 2.34. The molecule has 0 aromatic heterocycles. The molecule has 1 atom stereocenters. The van der Waals surface area contributed by atoms with E-state index >= 15 is 0 Å². The molecule has 2 aromatic carbocycles. The van der Waals surface area contributed by atoms with Crippen LogP contribution in [0.25, 0.3) is 0 Å². The van der Waals surface area contributed by atoms with E-state index in [1.54, 1.807) is 12.0 Å². The number of hydrogen-bond donors (Lipinski definition) is 1. The van der Waals surface area contributed by atoms with Gasteiger partial charge in [0.25, 0.3) is 0 Å². The molecule has 0 saturated carbocycles. The zero-order valence-electron chi connectivity index (χ0n) is 14.0. The monoisotopic (exact) mass is 422 g/mol. The number of anilines is 1. The predicted octanol–water partition coefficient (Wildman–Crippen LogP) is 3.96. The minimum Gasteiger partial charge on any atom is -0.497 e. The summed E-state index contributed by atoms with van der Waals surface area (Å²) in [6, 6.07) is 10.8. The summed E-state index contributed by atoms with van der Waals surface area (Å²) in [7, 11) is 1.62. The van der Waals surface area contributed by atoms with Gasteiger partial charge in [-0.1, -0.05) is 45.7 Å². The standard InChI is InChI=1S/C19H20BrClN2O2/c1-25-14-8-7-13(15(20)11-14)10-17(22)19(24)23-9-3-5-12-4-2-6-16(21)18(12)23/h2,4,6-8,11,17H,3,5,9-10,22H2,1H3/t17-/m1/s1. The first-order valence-electron chi connectivity index (χ1n) is 8.18. The van der Waals surface area contributed by atoms with Crippen molar-refractivity contribution in [2.24, 2.45) is 5.73 Å². The fourth-order valence-corrected chi connectivity index (χ4v) is 3.98. The van der Waals surface area contributed by atoms with Gasteiger partial charge in [-0.3, -0.25) is 4.79 Å². The molecule has 1 amide bonds. The van der Waals surface area contributed by atoms with E-state index in [0.29, 0.717) is 18.0 Å². The van der Waals surface area contributed by atoms with Gasteiger partial charge in [-0.15, -0.1) is 0 Å². The third-order valence-corrected chi connectivity index (χ3v) is 5.49. The highest BCUT2D eigenvalue weighted by molar-refractivity contribution is 9.10. The van der Waals surface area contributed by atoms with Crippen molar-refractivity contribution >= 4 is 39.1 Å². The lowest BCUT2D eigenvalue weighted by Crippen LogP contribution is -2.47. The van der Waals surface area contributed by atoms with Crippen LogP contribution in [0.5, 0.6) is 5.75 Å². The average Bonchev–Trinajstić information content (AvgIpc) is 2.62. The van der Waals surface area contributed by atoms with Crippen molar-refractivity contribution in [2.75, 3.05) is 18.6 Å². The van der Waals surface area contributed by atoms with Crippen LogP contribution >= 0.6 is 27.5 Å². The van der Waals surface area contributed by atoms with E-state index in [9.17, 15) is 4.79 Å². The van der Waals surface area contributed by atoms with E-state index < -0.39 is 6.04 Å². The molecule has 0 saturated heterocycles. The highest BCUT2D eigenvalue weighted by atomic mass is 79.9. The van der Waals surface area contributed by atoms with Crippen LogP contribution in [-0.4, -0.2) is 25.6 Å². The second-order valence-corrected chi connectivity index (χ2v) is 7.37. The smallest absolute Gasteiger partial charge is 0.244 e. The molecule has 1 aliphatic heterocycles. The first kappa shape index (κ1) is 18.2. The van der Waals surface area contributed by atoms with Crippen LogP contribution in [-0.2, 0) is 17.6 Å². The summed E-state index contributed by atoms with van der Waals surface area (Å²) < 4.78 is 6.08. The number of aryl methyl sites for hydroxylation is 1. The van der Waals surface area contributed by atoms with E-state index in [0.717, 1.165) is 39.9 Å². The number of ether oxygens (including phenoxy) is 1. The van der Waals surface area contributed by atoms with Gasteiger partial charge in [-0.25, -0.2) is 0 Å². The molecule has 0 radical (unpaired) electrons. The van der Waals surface area contributed by atoms with Crippen molar-refractivity contribution in [3.8, 4) is 5.75 Å². The maximum absolute atomic E-state index is 13.0. The van der Waals surface area contributed by atoms with Gasteiger partial charge in [-0.2, -0.15) is 0 Å².